The van der Waals surface area contributed by atoms with Gasteiger partial charge in [-0.2, -0.15) is 0 Å². The molecule has 2 fully saturated rings. The number of fused-ring (bicyclic) bond motifs is 1. The molecule has 0 bridgehead atoms. The average molecular weight is 427 g/mol. The summed E-state index contributed by atoms with van der Waals surface area (Å²) in [4.78, 5) is 35.2. The van der Waals surface area contributed by atoms with E-state index < -0.39 is 0 Å². The van der Waals surface area contributed by atoms with Crippen LogP contribution in [0.4, 0.5) is 5.13 Å². The van der Waals surface area contributed by atoms with Gasteiger partial charge in [-0.15, -0.1) is 11.3 Å². The molecule has 4 heterocycles. The van der Waals surface area contributed by atoms with Gasteiger partial charge in [0.05, 0.1) is 18.7 Å². The lowest BCUT2D eigenvalue weighted by atomic mass is 10.1. The van der Waals surface area contributed by atoms with Gasteiger partial charge in [0.15, 0.2) is 5.13 Å². The second-order valence-corrected chi connectivity index (χ2v) is 8.98. The molecular weight excluding hydrogens is 400 g/mol. The molecule has 2 aromatic rings. The molecule has 1 aromatic carbocycles. The van der Waals surface area contributed by atoms with E-state index in [2.05, 4.69) is 28.1 Å². The maximum Gasteiger partial charge on any atom is 0.228 e. The van der Waals surface area contributed by atoms with E-state index in [0.29, 0.717) is 12.8 Å². The second-order valence-electron chi connectivity index (χ2n) is 8.14. The third-order valence-electron chi connectivity index (χ3n) is 6.06. The smallest absolute Gasteiger partial charge is 0.228 e. The number of hydrogen-bond donors (Lipinski definition) is 0. The lowest BCUT2D eigenvalue weighted by Crippen LogP contribution is -2.48. The Morgan fingerprint density at radius 2 is 2.00 bits per heavy atom. The number of amides is 2. The molecule has 0 N–H and O–H groups in total. The standard InChI is InChI=1S/C22H26N4O3S/c27-20-2-1-6-26(20)22-23-18(15-30-22)13-21(28)25-9-7-24(8-10-25)14-16-3-4-19-17(12-16)5-11-29-19/h3-4,12,15H,1-2,5-11,13-14H2. The van der Waals surface area contributed by atoms with E-state index in [4.69, 9.17) is 4.74 Å². The maximum absolute atomic E-state index is 12.7. The Hall–Kier alpha value is -2.45. The molecule has 3 aliphatic heterocycles. The predicted octanol–water partition coefficient (Wildman–Crippen LogP) is 2.09. The molecule has 0 atom stereocenters. The quantitative estimate of drug-likeness (QED) is 0.733. The number of aromatic nitrogens is 1. The minimum absolute atomic E-state index is 0.119. The van der Waals surface area contributed by atoms with Crippen molar-refractivity contribution in [1.29, 1.82) is 0 Å². The normalized spacial score (nSPS) is 19.3. The highest BCUT2D eigenvalue weighted by atomic mass is 32.1. The fourth-order valence-corrected chi connectivity index (χ4v) is 5.24. The summed E-state index contributed by atoms with van der Waals surface area (Å²) in [6, 6.07) is 6.48. The first-order valence-corrected chi connectivity index (χ1v) is 11.5. The molecular formula is C22H26N4O3S. The topological polar surface area (TPSA) is 66.0 Å². The van der Waals surface area contributed by atoms with Crippen molar-refractivity contribution in [3.63, 3.8) is 0 Å². The molecule has 5 rings (SSSR count). The van der Waals surface area contributed by atoms with E-state index in [1.807, 2.05) is 10.3 Å². The van der Waals surface area contributed by atoms with Crippen molar-refractivity contribution in [2.45, 2.75) is 32.2 Å². The van der Waals surface area contributed by atoms with E-state index in [-0.39, 0.29) is 11.8 Å². The summed E-state index contributed by atoms with van der Waals surface area (Å²) in [5, 5.41) is 2.64. The van der Waals surface area contributed by atoms with Crippen molar-refractivity contribution in [3.8, 4) is 5.75 Å². The van der Waals surface area contributed by atoms with Crippen LogP contribution in [0.1, 0.15) is 29.7 Å². The summed E-state index contributed by atoms with van der Waals surface area (Å²) in [6.45, 7) is 5.68. The predicted molar refractivity (Wildman–Crippen MR) is 115 cm³/mol. The zero-order chi connectivity index (χ0) is 20.5. The second kappa shape index (κ2) is 8.35. The Morgan fingerprint density at radius 1 is 1.13 bits per heavy atom. The maximum atomic E-state index is 12.7. The van der Waals surface area contributed by atoms with Gasteiger partial charge >= 0.3 is 0 Å². The first kappa shape index (κ1) is 19.5. The number of benzene rings is 1. The number of carbonyl (C=O) groups is 2. The molecule has 0 radical (unpaired) electrons. The number of rotatable bonds is 5. The molecule has 158 valence electrons. The monoisotopic (exact) mass is 426 g/mol. The zero-order valence-corrected chi connectivity index (χ0v) is 17.8. The number of ether oxygens (including phenoxy) is 1. The fourth-order valence-electron chi connectivity index (χ4n) is 4.37. The highest BCUT2D eigenvalue weighted by Crippen LogP contribution is 2.27. The van der Waals surface area contributed by atoms with Gasteiger partial charge in [-0.25, -0.2) is 4.98 Å². The molecule has 0 unspecified atom stereocenters. The van der Waals surface area contributed by atoms with Gasteiger partial charge < -0.3 is 9.64 Å². The Balaban J connectivity index is 1.12. The van der Waals surface area contributed by atoms with Crippen molar-refractivity contribution >= 4 is 28.3 Å². The largest absolute Gasteiger partial charge is 0.493 e. The summed E-state index contributed by atoms with van der Waals surface area (Å²) < 4.78 is 5.59. The van der Waals surface area contributed by atoms with Crippen LogP contribution in [0.5, 0.6) is 5.75 Å². The van der Waals surface area contributed by atoms with Crippen molar-refractivity contribution in [1.82, 2.24) is 14.8 Å². The zero-order valence-electron chi connectivity index (χ0n) is 17.0. The number of piperazine rings is 1. The number of thiazole rings is 1. The third-order valence-corrected chi connectivity index (χ3v) is 6.97. The van der Waals surface area contributed by atoms with Gasteiger partial charge in [0.1, 0.15) is 5.75 Å². The number of carbonyl (C=O) groups excluding carboxylic acids is 2. The third kappa shape index (κ3) is 4.06. The first-order chi connectivity index (χ1) is 14.7. The Kier molecular flexibility index (Phi) is 5.43. The Morgan fingerprint density at radius 3 is 2.80 bits per heavy atom. The van der Waals surface area contributed by atoms with E-state index in [9.17, 15) is 9.59 Å². The number of hydrogen-bond acceptors (Lipinski definition) is 6. The molecule has 2 amide bonds. The van der Waals surface area contributed by atoms with Gasteiger partial charge in [-0.3, -0.25) is 19.4 Å². The van der Waals surface area contributed by atoms with Crippen molar-refractivity contribution in [3.05, 3.63) is 40.4 Å². The lowest BCUT2D eigenvalue weighted by Gasteiger charge is -2.34. The molecule has 1 aromatic heterocycles. The average Bonchev–Trinajstić information content (AvgIpc) is 3.49. The van der Waals surface area contributed by atoms with E-state index >= 15 is 0 Å². The first-order valence-electron chi connectivity index (χ1n) is 10.7. The van der Waals surface area contributed by atoms with Gasteiger partial charge in [0, 0.05) is 57.5 Å². The van der Waals surface area contributed by atoms with Crippen LogP contribution in [0, 0.1) is 0 Å². The summed E-state index contributed by atoms with van der Waals surface area (Å²) in [7, 11) is 0. The van der Waals surface area contributed by atoms with Crippen LogP contribution in [0.2, 0.25) is 0 Å². The SMILES string of the molecule is O=C(Cc1csc(N2CCCC2=O)n1)N1CCN(Cc2ccc3c(c2)CCO3)CC1. The lowest BCUT2D eigenvalue weighted by molar-refractivity contribution is -0.132. The summed E-state index contributed by atoms with van der Waals surface area (Å²) in [5.74, 6) is 1.27. The van der Waals surface area contributed by atoms with Crippen LogP contribution in [-0.2, 0) is 29.0 Å². The van der Waals surface area contributed by atoms with Crippen molar-refractivity contribution in [2.75, 3.05) is 44.2 Å². The molecule has 0 saturated carbocycles. The molecule has 30 heavy (non-hydrogen) atoms. The molecule has 0 spiro atoms. The van der Waals surface area contributed by atoms with E-state index in [0.717, 1.165) is 75.3 Å². The van der Waals surface area contributed by atoms with Crippen LogP contribution in [-0.4, -0.2) is 65.9 Å². The molecule has 2 saturated heterocycles. The minimum atomic E-state index is 0.119. The van der Waals surface area contributed by atoms with E-state index in [1.54, 1.807) is 4.90 Å². The highest BCUT2D eigenvalue weighted by molar-refractivity contribution is 7.14. The van der Waals surface area contributed by atoms with Crippen LogP contribution < -0.4 is 9.64 Å². The summed E-state index contributed by atoms with van der Waals surface area (Å²) in [5.41, 5.74) is 3.38. The van der Waals surface area contributed by atoms with E-state index in [1.165, 1.54) is 22.5 Å². The van der Waals surface area contributed by atoms with Gasteiger partial charge in [-0.1, -0.05) is 12.1 Å². The fraction of sp³-hybridized carbons (Fsp3) is 0.500. The molecule has 0 aliphatic carbocycles. The highest BCUT2D eigenvalue weighted by Gasteiger charge is 2.26. The molecule has 3 aliphatic rings. The minimum Gasteiger partial charge on any atom is -0.493 e. The van der Waals surface area contributed by atoms with Gasteiger partial charge in [-0.05, 0) is 23.6 Å². The number of anilines is 1. The van der Waals surface area contributed by atoms with Crippen LogP contribution in [0.3, 0.4) is 0 Å². The van der Waals surface area contributed by atoms with Gasteiger partial charge in [0.25, 0.3) is 0 Å². The molecule has 7 nitrogen and oxygen atoms in total. The Bertz CT molecular complexity index is 952. The van der Waals surface area contributed by atoms with Crippen LogP contribution >= 0.6 is 11.3 Å². The van der Waals surface area contributed by atoms with Crippen molar-refractivity contribution in [2.24, 2.45) is 0 Å². The van der Waals surface area contributed by atoms with Crippen molar-refractivity contribution < 1.29 is 14.3 Å². The number of nitrogens with zero attached hydrogens (tertiary/aromatic N) is 4. The van der Waals surface area contributed by atoms with Gasteiger partial charge in [0.2, 0.25) is 11.8 Å². The van der Waals surface area contributed by atoms with Crippen LogP contribution in [0.25, 0.3) is 0 Å². The summed E-state index contributed by atoms with van der Waals surface area (Å²) >= 11 is 1.46. The Labute approximate surface area is 180 Å². The summed E-state index contributed by atoms with van der Waals surface area (Å²) in [6.07, 6.45) is 2.78. The van der Waals surface area contributed by atoms with Crippen LogP contribution in [0.15, 0.2) is 23.6 Å². The molecule has 8 heteroatoms.